The summed E-state index contributed by atoms with van der Waals surface area (Å²) in [5.74, 6) is 1.80. The molecule has 1 heterocycles. The lowest BCUT2D eigenvalue weighted by Gasteiger charge is -2.13. The predicted octanol–water partition coefficient (Wildman–Crippen LogP) is 4.01. The quantitative estimate of drug-likeness (QED) is 0.787. The molecule has 0 saturated heterocycles. The molecule has 6 heteroatoms. The van der Waals surface area contributed by atoms with E-state index in [-0.39, 0.29) is 6.03 Å². The van der Waals surface area contributed by atoms with Crippen LogP contribution in [0.15, 0.2) is 42.6 Å². The molecule has 6 nitrogen and oxygen atoms in total. The van der Waals surface area contributed by atoms with Crippen LogP contribution >= 0.6 is 0 Å². The van der Waals surface area contributed by atoms with Gasteiger partial charge in [0.1, 0.15) is 0 Å². The largest absolute Gasteiger partial charge is 0.490 e. The second-order valence-corrected chi connectivity index (χ2v) is 6.29. The fourth-order valence-corrected chi connectivity index (χ4v) is 2.99. The van der Waals surface area contributed by atoms with Gasteiger partial charge in [0, 0.05) is 24.8 Å². The van der Waals surface area contributed by atoms with Gasteiger partial charge in [-0.3, -0.25) is 0 Å². The molecule has 0 unspecified atom stereocenters. The topological polar surface area (TPSA) is 72.5 Å². The lowest BCUT2D eigenvalue weighted by atomic mass is 10.2. The summed E-state index contributed by atoms with van der Waals surface area (Å²) in [6, 6.07) is 11.4. The monoisotopic (exact) mass is 355 g/mol. The SMILES string of the molecule is CCOc1ccccc1Oc1ccc(CNC(=O)NC2CCCC2)cn1. The molecule has 0 atom stereocenters. The number of carbonyl (C=O) groups excluding carboxylic acids is 1. The average molecular weight is 355 g/mol. The van der Waals surface area contributed by atoms with E-state index in [1.807, 2.05) is 37.3 Å². The maximum absolute atomic E-state index is 11.9. The molecule has 3 rings (SSSR count). The van der Waals surface area contributed by atoms with Crippen LogP contribution in [0.4, 0.5) is 4.79 Å². The average Bonchev–Trinajstić information content (AvgIpc) is 3.16. The van der Waals surface area contributed by atoms with Crippen molar-refractivity contribution in [1.82, 2.24) is 15.6 Å². The van der Waals surface area contributed by atoms with Gasteiger partial charge in [0.25, 0.3) is 0 Å². The van der Waals surface area contributed by atoms with Gasteiger partial charge in [-0.25, -0.2) is 9.78 Å². The Hall–Kier alpha value is -2.76. The Morgan fingerprint density at radius 3 is 2.62 bits per heavy atom. The van der Waals surface area contributed by atoms with E-state index in [1.54, 1.807) is 12.3 Å². The minimum absolute atomic E-state index is 0.122. The van der Waals surface area contributed by atoms with E-state index in [0.29, 0.717) is 36.6 Å². The van der Waals surface area contributed by atoms with Crippen LogP contribution in [0.5, 0.6) is 17.4 Å². The number of benzene rings is 1. The van der Waals surface area contributed by atoms with E-state index in [0.717, 1.165) is 18.4 Å². The number of carbonyl (C=O) groups is 1. The number of hydrogen-bond donors (Lipinski definition) is 2. The zero-order valence-electron chi connectivity index (χ0n) is 15.0. The van der Waals surface area contributed by atoms with E-state index < -0.39 is 0 Å². The minimum atomic E-state index is -0.122. The van der Waals surface area contributed by atoms with Crippen LogP contribution in [0.2, 0.25) is 0 Å². The molecule has 2 N–H and O–H groups in total. The summed E-state index contributed by atoms with van der Waals surface area (Å²) in [5, 5.41) is 5.87. The molecule has 0 bridgehead atoms. The normalized spacial score (nSPS) is 14.0. The fourth-order valence-electron chi connectivity index (χ4n) is 2.99. The van der Waals surface area contributed by atoms with Crippen LogP contribution in [-0.2, 0) is 6.54 Å². The molecule has 1 aliphatic rings. The third-order valence-corrected chi connectivity index (χ3v) is 4.30. The molecule has 26 heavy (non-hydrogen) atoms. The highest BCUT2D eigenvalue weighted by atomic mass is 16.5. The third kappa shape index (κ3) is 5.12. The highest BCUT2D eigenvalue weighted by Crippen LogP contribution is 2.30. The number of hydrogen-bond acceptors (Lipinski definition) is 4. The van der Waals surface area contributed by atoms with E-state index in [9.17, 15) is 4.79 Å². The number of amides is 2. The number of para-hydroxylation sites is 2. The Balaban J connectivity index is 1.51. The van der Waals surface area contributed by atoms with Gasteiger partial charge in [-0.2, -0.15) is 0 Å². The number of ether oxygens (including phenoxy) is 2. The number of rotatable bonds is 7. The van der Waals surface area contributed by atoms with Gasteiger partial charge in [-0.15, -0.1) is 0 Å². The molecular weight excluding hydrogens is 330 g/mol. The summed E-state index contributed by atoms with van der Waals surface area (Å²) in [6.45, 7) is 2.93. The molecule has 138 valence electrons. The highest BCUT2D eigenvalue weighted by Gasteiger charge is 2.16. The van der Waals surface area contributed by atoms with Gasteiger partial charge in [0.05, 0.1) is 6.61 Å². The first-order valence-electron chi connectivity index (χ1n) is 9.13. The summed E-state index contributed by atoms with van der Waals surface area (Å²) in [5.41, 5.74) is 0.914. The van der Waals surface area contributed by atoms with Crippen LogP contribution in [0.3, 0.4) is 0 Å². The van der Waals surface area contributed by atoms with Crippen molar-refractivity contribution in [2.75, 3.05) is 6.61 Å². The summed E-state index contributed by atoms with van der Waals surface area (Å²) >= 11 is 0. The Morgan fingerprint density at radius 2 is 1.92 bits per heavy atom. The summed E-state index contributed by atoms with van der Waals surface area (Å²) in [7, 11) is 0. The maximum atomic E-state index is 11.9. The second kappa shape index (κ2) is 9.08. The van der Waals surface area contributed by atoms with E-state index >= 15 is 0 Å². The minimum Gasteiger partial charge on any atom is -0.490 e. The summed E-state index contributed by atoms with van der Waals surface area (Å²) < 4.78 is 11.3. The first-order chi connectivity index (χ1) is 12.7. The second-order valence-electron chi connectivity index (χ2n) is 6.29. The van der Waals surface area contributed by atoms with Gasteiger partial charge >= 0.3 is 6.03 Å². The van der Waals surface area contributed by atoms with Gasteiger partial charge in [0.2, 0.25) is 5.88 Å². The van der Waals surface area contributed by atoms with Crippen LogP contribution < -0.4 is 20.1 Å². The van der Waals surface area contributed by atoms with Crippen molar-refractivity contribution in [2.45, 2.75) is 45.2 Å². The standard InChI is InChI=1S/C20H25N3O3/c1-2-25-17-9-5-6-10-18(17)26-19-12-11-15(13-21-19)14-22-20(24)23-16-7-3-4-8-16/h5-6,9-13,16H,2-4,7-8,14H2,1H3,(H2,22,23,24). The number of aromatic nitrogens is 1. The molecule has 0 spiro atoms. The Morgan fingerprint density at radius 1 is 1.15 bits per heavy atom. The Labute approximate surface area is 153 Å². The molecule has 0 aliphatic heterocycles. The fraction of sp³-hybridized carbons (Fsp3) is 0.400. The van der Waals surface area contributed by atoms with E-state index in [4.69, 9.17) is 9.47 Å². The van der Waals surface area contributed by atoms with E-state index in [1.165, 1.54) is 12.8 Å². The number of nitrogens with zero attached hydrogens (tertiary/aromatic N) is 1. The summed E-state index contributed by atoms with van der Waals surface area (Å²) in [4.78, 5) is 16.2. The molecular formula is C20H25N3O3. The molecule has 1 saturated carbocycles. The van der Waals surface area contributed by atoms with Gasteiger partial charge < -0.3 is 20.1 Å². The third-order valence-electron chi connectivity index (χ3n) is 4.30. The molecule has 1 aliphatic carbocycles. The van der Waals surface area contributed by atoms with Gasteiger partial charge in [0.15, 0.2) is 11.5 Å². The molecule has 1 aromatic carbocycles. The zero-order chi connectivity index (χ0) is 18.2. The highest BCUT2D eigenvalue weighted by molar-refractivity contribution is 5.74. The molecule has 2 aromatic rings. The van der Waals surface area contributed by atoms with Crippen molar-refractivity contribution in [3.8, 4) is 17.4 Å². The van der Waals surface area contributed by atoms with E-state index in [2.05, 4.69) is 15.6 Å². The van der Waals surface area contributed by atoms with Crippen molar-refractivity contribution < 1.29 is 14.3 Å². The molecule has 0 radical (unpaired) electrons. The molecule has 1 fully saturated rings. The maximum Gasteiger partial charge on any atom is 0.315 e. The van der Waals surface area contributed by atoms with Crippen LogP contribution in [0, 0.1) is 0 Å². The molecule has 1 aromatic heterocycles. The van der Waals surface area contributed by atoms with Crippen molar-refractivity contribution in [3.05, 3.63) is 48.2 Å². The predicted molar refractivity (Wildman–Crippen MR) is 99.5 cm³/mol. The number of pyridine rings is 1. The van der Waals surface area contributed by atoms with Crippen molar-refractivity contribution in [2.24, 2.45) is 0 Å². The van der Waals surface area contributed by atoms with Gasteiger partial charge in [-0.1, -0.05) is 31.0 Å². The van der Waals surface area contributed by atoms with Crippen LogP contribution in [-0.4, -0.2) is 23.7 Å². The lowest BCUT2D eigenvalue weighted by molar-refractivity contribution is 0.236. The first-order valence-corrected chi connectivity index (χ1v) is 9.13. The van der Waals surface area contributed by atoms with Crippen LogP contribution in [0.1, 0.15) is 38.2 Å². The zero-order valence-corrected chi connectivity index (χ0v) is 15.0. The van der Waals surface area contributed by atoms with Crippen LogP contribution in [0.25, 0.3) is 0 Å². The van der Waals surface area contributed by atoms with Crippen molar-refractivity contribution >= 4 is 6.03 Å². The van der Waals surface area contributed by atoms with Crippen molar-refractivity contribution in [3.63, 3.8) is 0 Å². The number of urea groups is 1. The Bertz CT molecular complexity index is 712. The summed E-state index contributed by atoms with van der Waals surface area (Å²) in [6.07, 6.45) is 6.24. The Kier molecular flexibility index (Phi) is 6.30. The van der Waals surface area contributed by atoms with Crippen molar-refractivity contribution in [1.29, 1.82) is 0 Å². The number of nitrogens with one attached hydrogen (secondary N) is 2. The lowest BCUT2D eigenvalue weighted by Crippen LogP contribution is -2.40. The smallest absolute Gasteiger partial charge is 0.315 e. The first kappa shape index (κ1) is 18.0. The molecule has 2 amide bonds. The van der Waals surface area contributed by atoms with Gasteiger partial charge in [-0.05, 0) is 37.5 Å².